The fourth-order valence-electron chi connectivity index (χ4n) is 3.46. The molecule has 0 aromatic heterocycles. The second kappa shape index (κ2) is 19.2. The molecular weight excluding hydrogens is 412 g/mol. The van der Waals surface area contributed by atoms with Gasteiger partial charge in [-0.3, -0.25) is 0 Å². The Bertz CT molecular complexity index is 603. The Balaban J connectivity index is 2.26. The molecule has 1 aromatic carbocycles. The van der Waals surface area contributed by atoms with Crippen molar-refractivity contribution >= 4 is 23.5 Å². The lowest BCUT2D eigenvalue weighted by Gasteiger charge is -2.10. The molecule has 0 atom stereocenters. The van der Waals surface area contributed by atoms with E-state index >= 15 is 0 Å². The molecule has 0 unspecified atom stereocenters. The summed E-state index contributed by atoms with van der Waals surface area (Å²) in [6, 6.07) is 6.73. The largest absolute Gasteiger partial charge is 0.462 e. The smallest absolute Gasteiger partial charge is 0.339 e. The predicted octanol–water partition coefficient (Wildman–Crippen LogP) is 7.72. The molecule has 0 heterocycles. The van der Waals surface area contributed by atoms with Crippen molar-refractivity contribution in [2.75, 3.05) is 19.1 Å². The van der Waals surface area contributed by atoms with E-state index in [1.807, 2.05) is 0 Å². The van der Waals surface area contributed by atoms with Crippen molar-refractivity contribution in [2.24, 2.45) is 0 Å². The van der Waals surface area contributed by atoms with E-state index in [-0.39, 0.29) is 11.1 Å². The highest BCUT2D eigenvalue weighted by atomic mass is 35.5. The molecule has 0 aliphatic carbocycles. The van der Waals surface area contributed by atoms with E-state index in [1.165, 1.54) is 38.5 Å². The van der Waals surface area contributed by atoms with Crippen molar-refractivity contribution in [3.05, 3.63) is 35.4 Å². The lowest BCUT2D eigenvalue weighted by molar-refractivity contribution is 0.0450. The molecule has 0 aliphatic rings. The van der Waals surface area contributed by atoms with Crippen LogP contribution in [0.4, 0.5) is 0 Å². The minimum Gasteiger partial charge on any atom is -0.462 e. The van der Waals surface area contributed by atoms with E-state index in [2.05, 4.69) is 6.92 Å². The molecule has 176 valence electrons. The Labute approximate surface area is 194 Å². The minimum atomic E-state index is -0.457. The first-order valence-electron chi connectivity index (χ1n) is 12.2. The number of ether oxygens (including phenoxy) is 2. The van der Waals surface area contributed by atoms with Crippen LogP contribution in [0.3, 0.4) is 0 Å². The Hall–Kier alpha value is -1.55. The van der Waals surface area contributed by atoms with Crippen molar-refractivity contribution in [2.45, 2.75) is 96.8 Å². The fraction of sp³-hybridized carbons (Fsp3) is 0.692. The Morgan fingerprint density at radius 3 is 1.45 bits per heavy atom. The topological polar surface area (TPSA) is 52.6 Å². The summed E-state index contributed by atoms with van der Waals surface area (Å²) in [4.78, 5) is 24.9. The summed E-state index contributed by atoms with van der Waals surface area (Å²) in [7, 11) is 0. The van der Waals surface area contributed by atoms with Gasteiger partial charge in [0.1, 0.15) is 0 Å². The van der Waals surface area contributed by atoms with Crippen molar-refractivity contribution in [3.8, 4) is 0 Å². The van der Waals surface area contributed by atoms with Gasteiger partial charge in [-0.25, -0.2) is 9.59 Å². The normalized spacial score (nSPS) is 10.8. The third-order valence-electron chi connectivity index (χ3n) is 5.36. The summed E-state index contributed by atoms with van der Waals surface area (Å²) in [5, 5.41) is 0. The molecule has 5 heteroatoms. The SMILES string of the molecule is CCCCCCCCCCOC(=O)c1ccccc1C(=O)OCCCCCCCCCl. The molecule has 0 N–H and O–H groups in total. The molecule has 1 rings (SSSR count). The number of unbranched alkanes of at least 4 members (excludes halogenated alkanes) is 12. The number of alkyl halides is 1. The van der Waals surface area contributed by atoms with Crippen molar-refractivity contribution in [1.82, 2.24) is 0 Å². The van der Waals surface area contributed by atoms with E-state index in [0.717, 1.165) is 57.2 Å². The minimum absolute atomic E-state index is 0.283. The Morgan fingerprint density at radius 2 is 1.03 bits per heavy atom. The van der Waals surface area contributed by atoms with Gasteiger partial charge in [0.25, 0.3) is 0 Å². The average molecular weight is 453 g/mol. The van der Waals surface area contributed by atoms with Gasteiger partial charge in [-0.15, -0.1) is 11.6 Å². The zero-order valence-corrected chi connectivity index (χ0v) is 20.1. The number of esters is 2. The van der Waals surface area contributed by atoms with E-state index in [4.69, 9.17) is 21.1 Å². The monoisotopic (exact) mass is 452 g/mol. The van der Waals surface area contributed by atoms with Gasteiger partial charge in [0, 0.05) is 5.88 Å². The van der Waals surface area contributed by atoms with Crippen LogP contribution >= 0.6 is 11.6 Å². The van der Waals surface area contributed by atoms with Crippen LogP contribution in [0.2, 0.25) is 0 Å². The molecule has 1 aromatic rings. The lowest BCUT2D eigenvalue weighted by atomic mass is 10.1. The summed E-state index contributed by atoms with van der Waals surface area (Å²) in [5.41, 5.74) is 0.568. The second-order valence-electron chi connectivity index (χ2n) is 8.10. The molecule has 0 saturated carbocycles. The number of hydrogen-bond donors (Lipinski definition) is 0. The number of carbonyl (C=O) groups excluding carboxylic acids is 2. The molecule has 4 nitrogen and oxygen atoms in total. The Morgan fingerprint density at radius 1 is 0.645 bits per heavy atom. The summed E-state index contributed by atoms with van der Waals surface area (Å²) in [5.74, 6) is -0.185. The van der Waals surface area contributed by atoms with Crippen molar-refractivity contribution < 1.29 is 19.1 Å². The van der Waals surface area contributed by atoms with Crippen LogP contribution in [0.1, 0.15) is 118 Å². The van der Waals surface area contributed by atoms with Gasteiger partial charge in [-0.05, 0) is 31.4 Å². The van der Waals surface area contributed by atoms with E-state index in [1.54, 1.807) is 24.3 Å². The molecule has 0 aliphatic heterocycles. The molecular formula is C26H41ClO4. The maximum absolute atomic E-state index is 12.4. The van der Waals surface area contributed by atoms with Crippen LogP contribution in [0.25, 0.3) is 0 Å². The molecule has 0 bridgehead atoms. The highest BCUT2D eigenvalue weighted by Crippen LogP contribution is 2.14. The van der Waals surface area contributed by atoms with Crippen LogP contribution < -0.4 is 0 Å². The summed E-state index contributed by atoms with van der Waals surface area (Å²) >= 11 is 5.67. The summed E-state index contributed by atoms with van der Waals surface area (Å²) in [6.07, 6.45) is 15.9. The first-order chi connectivity index (χ1) is 15.2. The molecule has 0 radical (unpaired) electrons. The average Bonchev–Trinajstić information content (AvgIpc) is 2.79. The molecule has 31 heavy (non-hydrogen) atoms. The number of carbonyl (C=O) groups is 2. The molecule has 0 saturated heterocycles. The van der Waals surface area contributed by atoms with Crippen LogP contribution in [-0.2, 0) is 9.47 Å². The van der Waals surface area contributed by atoms with Gasteiger partial charge < -0.3 is 9.47 Å². The maximum atomic E-state index is 12.4. The highest BCUT2D eigenvalue weighted by molar-refractivity contribution is 6.17. The van der Waals surface area contributed by atoms with Gasteiger partial charge in [-0.1, -0.05) is 89.7 Å². The summed E-state index contributed by atoms with van der Waals surface area (Å²) < 4.78 is 10.8. The lowest BCUT2D eigenvalue weighted by Crippen LogP contribution is -2.15. The first kappa shape index (κ1) is 27.5. The van der Waals surface area contributed by atoms with Crippen LogP contribution in [0, 0.1) is 0 Å². The van der Waals surface area contributed by atoms with E-state index < -0.39 is 11.9 Å². The Kier molecular flexibility index (Phi) is 17.0. The van der Waals surface area contributed by atoms with Gasteiger partial charge in [0.2, 0.25) is 0 Å². The third-order valence-corrected chi connectivity index (χ3v) is 5.63. The molecule has 0 amide bonds. The van der Waals surface area contributed by atoms with Crippen LogP contribution in [0.15, 0.2) is 24.3 Å². The first-order valence-corrected chi connectivity index (χ1v) is 12.7. The highest BCUT2D eigenvalue weighted by Gasteiger charge is 2.18. The van der Waals surface area contributed by atoms with Gasteiger partial charge in [-0.2, -0.15) is 0 Å². The van der Waals surface area contributed by atoms with Gasteiger partial charge >= 0.3 is 11.9 Å². The predicted molar refractivity (Wildman–Crippen MR) is 128 cm³/mol. The van der Waals surface area contributed by atoms with Gasteiger partial charge in [0.15, 0.2) is 0 Å². The quantitative estimate of drug-likeness (QED) is 0.122. The number of benzene rings is 1. The van der Waals surface area contributed by atoms with Gasteiger partial charge in [0.05, 0.1) is 24.3 Å². The van der Waals surface area contributed by atoms with Crippen LogP contribution in [-0.4, -0.2) is 31.0 Å². The van der Waals surface area contributed by atoms with E-state index in [0.29, 0.717) is 13.2 Å². The molecule has 0 fully saturated rings. The van der Waals surface area contributed by atoms with Crippen LogP contribution in [0.5, 0.6) is 0 Å². The maximum Gasteiger partial charge on any atom is 0.339 e. The zero-order chi connectivity index (χ0) is 22.6. The summed E-state index contributed by atoms with van der Waals surface area (Å²) in [6.45, 7) is 2.98. The van der Waals surface area contributed by atoms with Crippen molar-refractivity contribution in [1.29, 1.82) is 0 Å². The fourth-order valence-corrected chi connectivity index (χ4v) is 3.65. The zero-order valence-electron chi connectivity index (χ0n) is 19.3. The third kappa shape index (κ3) is 13.5. The number of halogens is 1. The standard InChI is InChI=1S/C26H41ClO4/c1-2-3-4-5-6-8-11-16-21-30-25(28)23-18-13-14-19-24(23)26(29)31-22-17-12-9-7-10-15-20-27/h13-14,18-19H,2-12,15-17,20-22H2,1H3. The van der Waals surface area contributed by atoms with E-state index in [9.17, 15) is 9.59 Å². The number of rotatable bonds is 19. The van der Waals surface area contributed by atoms with Crippen molar-refractivity contribution in [3.63, 3.8) is 0 Å². The second-order valence-corrected chi connectivity index (χ2v) is 8.48. The molecule has 0 spiro atoms. The number of hydrogen-bond acceptors (Lipinski definition) is 4.